The van der Waals surface area contributed by atoms with Crippen molar-refractivity contribution in [3.05, 3.63) is 0 Å². The first-order valence-electron chi connectivity index (χ1n) is 4.03. The van der Waals surface area contributed by atoms with E-state index in [1.54, 1.807) is 0 Å². The molecule has 0 aliphatic carbocycles. The Morgan fingerprint density at radius 2 is 1.86 bits per heavy atom. The fourth-order valence-corrected chi connectivity index (χ4v) is 0.622. The highest BCUT2D eigenvalue weighted by Crippen LogP contribution is 2.21. The van der Waals surface area contributed by atoms with E-state index in [-0.39, 0.29) is 13.0 Å². The van der Waals surface area contributed by atoms with Crippen LogP contribution in [-0.2, 0) is 9.53 Å². The second kappa shape index (κ2) is 4.63. The molecule has 0 bridgehead atoms. The summed E-state index contributed by atoms with van der Waals surface area (Å²) < 4.78 is 39.1. The van der Waals surface area contributed by atoms with Crippen LogP contribution < -0.4 is 0 Å². The molecule has 6 heteroatoms. The van der Waals surface area contributed by atoms with Crippen LogP contribution in [0.15, 0.2) is 0 Å². The van der Waals surface area contributed by atoms with Crippen molar-refractivity contribution in [1.82, 2.24) is 0 Å². The van der Waals surface area contributed by atoms with Gasteiger partial charge in [0.25, 0.3) is 0 Å². The van der Waals surface area contributed by atoms with E-state index in [2.05, 4.69) is 4.74 Å². The van der Waals surface area contributed by atoms with E-state index in [0.717, 1.165) is 0 Å². The van der Waals surface area contributed by atoms with Gasteiger partial charge < -0.3 is 9.84 Å². The Kier molecular flexibility index (Phi) is 4.38. The molecule has 0 fully saturated rings. The number of halogens is 3. The van der Waals surface area contributed by atoms with Crippen LogP contribution in [0.5, 0.6) is 0 Å². The van der Waals surface area contributed by atoms with Crippen molar-refractivity contribution in [2.24, 2.45) is 5.41 Å². The third-order valence-electron chi connectivity index (χ3n) is 1.72. The smallest absolute Gasteiger partial charge is 0.411 e. The van der Waals surface area contributed by atoms with Gasteiger partial charge in [-0.25, -0.2) is 0 Å². The molecular formula is C8H13F3O3. The first-order chi connectivity index (χ1) is 6.15. The van der Waals surface area contributed by atoms with Gasteiger partial charge in [-0.15, -0.1) is 0 Å². The number of hydrogen-bond acceptors (Lipinski definition) is 2. The molecule has 0 saturated heterocycles. The molecular weight excluding hydrogens is 201 g/mol. The Bertz CT molecular complexity index is 198. The molecule has 0 aromatic rings. The van der Waals surface area contributed by atoms with E-state index in [1.807, 2.05) is 0 Å². The fraction of sp³-hybridized carbons (Fsp3) is 0.875. The number of carboxylic acids is 1. The molecule has 1 N–H and O–H groups in total. The topological polar surface area (TPSA) is 46.5 Å². The van der Waals surface area contributed by atoms with E-state index in [0.29, 0.717) is 0 Å². The zero-order chi connectivity index (χ0) is 11.4. The van der Waals surface area contributed by atoms with Crippen molar-refractivity contribution in [1.29, 1.82) is 0 Å². The molecule has 0 rings (SSSR count). The van der Waals surface area contributed by atoms with Crippen molar-refractivity contribution < 1.29 is 27.8 Å². The van der Waals surface area contributed by atoms with Crippen LogP contribution in [0, 0.1) is 5.41 Å². The van der Waals surface area contributed by atoms with Gasteiger partial charge in [0, 0.05) is 6.61 Å². The average Bonchev–Trinajstić information content (AvgIpc) is 1.96. The minimum atomic E-state index is -4.35. The van der Waals surface area contributed by atoms with Gasteiger partial charge in [-0.3, -0.25) is 4.79 Å². The van der Waals surface area contributed by atoms with Gasteiger partial charge in [-0.05, 0) is 20.3 Å². The van der Waals surface area contributed by atoms with E-state index >= 15 is 0 Å². The summed E-state index contributed by atoms with van der Waals surface area (Å²) in [4.78, 5) is 10.5. The highest BCUT2D eigenvalue weighted by Gasteiger charge is 2.30. The Hall–Kier alpha value is -0.780. The molecule has 0 spiro atoms. The van der Waals surface area contributed by atoms with Gasteiger partial charge in [0.1, 0.15) is 6.61 Å². The Labute approximate surface area is 79.9 Å². The zero-order valence-electron chi connectivity index (χ0n) is 8.02. The lowest BCUT2D eigenvalue weighted by molar-refractivity contribution is -0.176. The number of carbonyl (C=O) groups is 1. The molecule has 0 aliphatic heterocycles. The van der Waals surface area contributed by atoms with Gasteiger partial charge in [0.2, 0.25) is 0 Å². The van der Waals surface area contributed by atoms with Crippen molar-refractivity contribution in [2.75, 3.05) is 13.2 Å². The van der Waals surface area contributed by atoms with Gasteiger partial charge in [0.05, 0.1) is 5.41 Å². The van der Waals surface area contributed by atoms with Gasteiger partial charge >= 0.3 is 12.1 Å². The number of ether oxygens (including phenoxy) is 1. The normalized spacial score (nSPS) is 12.9. The first kappa shape index (κ1) is 13.2. The molecule has 0 radical (unpaired) electrons. The molecule has 0 unspecified atom stereocenters. The third kappa shape index (κ3) is 5.80. The van der Waals surface area contributed by atoms with E-state index in [1.165, 1.54) is 13.8 Å². The Morgan fingerprint density at radius 1 is 1.36 bits per heavy atom. The number of hydrogen-bond donors (Lipinski definition) is 1. The maximum atomic E-state index is 11.6. The molecule has 0 heterocycles. The number of rotatable bonds is 5. The first-order valence-corrected chi connectivity index (χ1v) is 4.03. The van der Waals surface area contributed by atoms with Gasteiger partial charge in [-0.2, -0.15) is 13.2 Å². The lowest BCUT2D eigenvalue weighted by Crippen LogP contribution is -2.26. The second-order valence-corrected chi connectivity index (χ2v) is 3.61. The predicted octanol–water partition coefficient (Wildman–Crippen LogP) is 2.07. The summed E-state index contributed by atoms with van der Waals surface area (Å²) >= 11 is 0. The number of carboxylic acid groups (broad SMARTS) is 1. The highest BCUT2D eigenvalue weighted by molar-refractivity contribution is 5.73. The average molecular weight is 214 g/mol. The monoisotopic (exact) mass is 214 g/mol. The summed E-state index contributed by atoms with van der Waals surface area (Å²) in [5.74, 6) is -1.05. The molecule has 0 amide bonds. The van der Waals surface area contributed by atoms with Crippen LogP contribution in [0.3, 0.4) is 0 Å². The molecule has 0 aromatic heterocycles. The molecule has 0 atom stereocenters. The fourth-order valence-electron chi connectivity index (χ4n) is 0.622. The maximum Gasteiger partial charge on any atom is 0.411 e. The summed E-state index contributed by atoms with van der Waals surface area (Å²) in [5.41, 5.74) is -1.05. The second-order valence-electron chi connectivity index (χ2n) is 3.61. The number of alkyl halides is 3. The van der Waals surface area contributed by atoms with Crippen molar-refractivity contribution in [2.45, 2.75) is 26.4 Å². The van der Waals surface area contributed by atoms with Crippen molar-refractivity contribution in [3.63, 3.8) is 0 Å². The standard InChI is InChI=1S/C8H13F3O3/c1-7(2,6(12)13)3-4-14-5-8(9,10)11/h3-5H2,1-2H3,(H,12,13). The van der Waals surface area contributed by atoms with Crippen LogP contribution in [0.1, 0.15) is 20.3 Å². The molecule has 84 valence electrons. The van der Waals surface area contributed by atoms with Gasteiger partial charge in [-0.1, -0.05) is 0 Å². The Morgan fingerprint density at radius 3 is 2.21 bits per heavy atom. The van der Waals surface area contributed by atoms with Crippen LogP contribution in [0.4, 0.5) is 13.2 Å². The minimum absolute atomic E-state index is 0.0540. The highest BCUT2D eigenvalue weighted by atomic mass is 19.4. The van der Waals surface area contributed by atoms with Crippen LogP contribution in [0.25, 0.3) is 0 Å². The summed E-state index contributed by atoms with van der Waals surface area (Å²) in [7, 11) is 0. The van der Waals surface area contributed by atoms with Crippen molar-refractivity contribution in [3.8, 4) is 0 Å². The summed E-state index contributed by atoms with van der Waals surface area (Å²) in [6, 6.07) is 0. The summed E-state index contributed by atoms with van der Waals surface area (Å²) in [5, 5.41) is 8.62. The quantitative estimate of drug-likeness (QED) is 0.712. The molecule has 0 aromatic carbocycles. The summed E-state index contributed by atoms with van der Waals surface area (Å²) in [6.45, 7) is 1.33. The van der Waals surface area contributed by atoms with Crippen molar-refractivity contribution >= 4 is 5.97 Å². The van der Waals surface area contributed by atoms with Gasteiger partial charge in [0.15, 0.2) is 0 Å². The third-order valence-corrected chi connectivity index (χ3v) is 1.72. The molecule has 3 nitrogen and oxygen atoms in total. The maximum absolute atomic E-state index is 11.6. The number of aliphatic carboxylic acids is 1. The van der Waals surface area contributed by atoms with Crippen LogP contribution in [0.2, 0.25) is 0 Å². The molecule has 14 heavy (non-hydrogen) atoms. The summed E-state index contributed by atoms with van der Waals surface area (Å²) in [6.07, 6.45) is -4.30. The van der Waals surface area contributed by atoms with Crippen LogP contribution in [-0.4, -0.2) is 30.5 Å². The SMILES string of the molecule is CC(C)(CCOCC(F)(F)F)C(=O)O. The largest absolute Gasteiger partial charge is 0.481 e. The molecule has 0 saturated carbocycles. The minimum Gasteiger partial charge on any atom is -0.481 e. The van der Waals surface area contributed by atoms with E-state index in [9.17, 15) is 18.0 Å². The lowest BCUT2D eigenvalue weighted by Gasteiger charge is -2.18. The zero-order valence-corrected chi connectivity index (χ0v) is 8.02. The predicted molar refractivity (Wildman–Crippen MR) is 42.9 cm³/mol. The Balaban J connectivity index is 3.70. The van der Waals surface area contributed by atoms with E-state index < -0.39 is 24.2 Å². The molecule has 0 aliphatic rings. The van der Waals surface area contributed by atoms with E-state index in [4.69, 9.17) is 5.11 Å². The van der Waals surface area contributed by atoms with Crippen LogP contribution >= 0.6 is 0 Å². The lowest BCUT2D eigenvalue weighted by atomic mass is 9.90.